The van der Waals surface area contributed by atoms with E-state index in [1.54, 1.807) is 50.2 Å². The molecule has 1 N–H and O–H groups in total. The van der Waals surface area contributed by atoms with E-state index in [2.05, 4.69) is 5.32 Å². The summed E-state index contributed by atoms with van der Waals surface area (Å²) in [5.74, 6) is -0.180. The van der Waals surface area contributed by atoms with E-state index in [4.69, 9.17) is 13.9 Å². The Morgan fingerprint density at radius 2 is 1.86 bits per heavy atom. The zero-order valence-corrected chi connectivity index (χ0v) is 20.1. The van der Waals surface area contributed by atoms with Crippen LogP contribution in [-0.4, -0.2) is 29.9 Å². The van der Waals surface area contributed by atoms with E-state index < -0.39 is 17.5 Å². The van der Waals surface area contributed by atoms with Gasteiger partial charge in [-0.2, -0.15) is 0 Å². The molecule has 0 atom stereocenters. The van der Waals surface area contributed by atoms with Gasteiger partial charge in [-0.05, 0) is 69.9 Å². The molecule has 0 radical (unpaired) electrons. The predicted octanol–water partition coefficient (Wildman–Crippen LogP) is 6.23. The number of carbonyl (C=O) groups excluding carboxylic acids is 3. The smallest absolute Gasteiger partial charge is 0.338 e. The number of ketones is 1. The molecule has 1 spiro atoms. The molecule has 1 aliphatic heterocycles. The molecule has 3 aromatic rings. The van der Waals surface area contributed by atoms with Gasteiger partial charge in [0.2, 0.25) is 0 Å². The maximum absolute atomic E-state index is 13.4. The number of amides is 1. The molecule has 1 aliphatic carbocycles. The number of rotatable bonds is 4. The molecule has 2 aromatic carbocycles. The third kappa shape index (κ3) is 4.31. The lowest BCUT2D eigenvalue weighted by Crippen LogP contribution is -2.41. The first kappa shape index (κ1) is 23.1. The summed E-state index contributed by atoms with van der Waals surface area (Å²) in [5, 5.41) is 3.41. The molecule has 0 bridgehead atoms. The minimum absolute atomic E-state index is 0.0387. The van der Waals surface area contributed by atoms with Crippen molar-refractivity contribution in [3.63, 3.8) is 0 Å². The van der Waals surface area contributed by atoms with E-state index in [0.29, 0.717) is 45.5 Å². The summed E-state index contributed by atoms with van der Waals surface area (Å²) in [4.78, 5) is 38.5. The van der Waals surface area contributed by atoms with Gasteiger partial charge in [-0.15, -0.1) is 0 Å². The minimum atomic E-state index is -0.460. The molecule has 1 amide bonds. The van der Waals surface area contributed by atoms with Crippen LogP contribution in [0.2, 0.25) is 0 Å². The maximum Gasteiger partial charge on any atom is 0.338 e. The van der Waals surface area contributed by atoms with Crippen molar-refractivity contribution in [2.24, 2.45) is 0 Å². The van der Waals surface area contributed by atoms with Crippen LogP contribution >= 0.6 is 0 Å². The van der Waals surface area contributed by atoms with Gasteiger partial charge < -0.3 is 19.2 Å². The molecule has 35 heavy (non-hydrogen) atoms. The Morgan fingerprint density at radius 3 is 2.60 bits per heavy atom. The van der Waals surface area contributed by atoms with Gasteiger partial charge in [-0.1, -0.05) is 18.9 Å². The number of carbonyl (C=O) groups is 3. The number of nitrogens with one attached hydrogen (secondary N) is 1. The summed E-state index contributed by atoms with van der Waals surface area (Å²) < 4.78 is 17.4. The van der Waals surface area contributed by atoms with Crippen molar-refractivity contribution in [2.45, 2.75) is 64.4 Å². The van der Waals surface area contributed by atoms with Gasteiger partial charge in [0.25, 0.3) is 5.91 Å². The van der Waals surface area contributed by atoms with E-state index in [9.17, 15) is 14.4 Å². The molecule has 182 valence electrons. The first-order chi connectivity index (χ1) is 16.9. The molecule has 2 heterocycles. The van der Waals surface area contributed by atoms with Crippen LogP contribution in [0.1, 0.15) is 88.7 Å². The van der Waals surface area contributed by atoms with Gasteiger partial charge in [0.05, 0.1) is 24.2 Å². The topological polar surface area (TPSA) is 94.8 Å². The zero-order chi connectivity index (χ0) is 24.6. The van der Waals surface area contributed by atoms with Crippen LogP contribution in [0.3, 0.4) is 0 Å². The lowest BCUT2D eigenvalue weighted by molar-refractivity contribution is 0.0300. The summed E-state index contributed by atoms with van der Waals surface area (Å²) in [6, 6.07) is 10.1. The third-order valence-electron chi connectivity index (χ3n) is 7.00. The van der Waals surface area contributed by atoms with Gasteiger partial charge in [0.15, 0.2) is 11.5 Å². The zero-order valence-electron chi connectivity index (χ0n) is 20.1. The number of esters is 1. The summed E-state index contributed by atoms with van der Waals surface area (Å²) in [6.07, 6.45) is 6.61. The first-order valence-electron chi connectivity index (χ1n) is 12.3. The molecule has 1 saturated carbocycles. The first-order valence-corrected chi connectivity index (χ1v) is 12.3. The molecule has 2 aliphatic rings. The fourth-order valence-corrected chi connectivity index (χ4v) is 5.33. The molecular weight excluding hydrogens is 446 g/mol. The van der Waals surface area contributed by atoms with Gasteiger partial charge in [0.1, 0.15) is 16.9 Å². The summed E-state index contributed by atoms with van der Waals surface area (Å²) in [6.45, 7) is 3.78. The summed E-state index contributed by atoms with van der Waals surface area (Å²) >= 11 is 0. The van der Waals surface area contributed by atoms with Crippen LogP contribution in [0.4, 0.5) is 5.69 Å². The van der Waals surface area contributed by atoms with Gasteiger partial charge in [-0.3, -0.25) is 9.59 Å². The lowest BCUT2D eigenvalue weighted by atomic mass is 9.83. The van der Waals surface area contributed by atoms with Crippen LogP contribution in [-0.2, 0) is 4.74 Å². The van der Waals surface area contributed by atoms with Crippen LogP contribution in [0.25, 0.3) is 11.0 Å². The van der Waals surface area contributed by atoms with E-state index in [-0.39, 0.29) is 18.2 Å². The molecule has 0 unspecified atom stereocenters. The standard InChI is InChI=1S/C28H29NO6/c1-3-33-27(32)18-9-8-10-19(15-18)29-26(31)25-17(2)23-21(34-25)11-12-22-24(23)20(30)16-28(35-22)13-6-4-5-7-14-28/h8-12,15H,3-7,13-14,16H2,1-2H3,(H,29,31). The maximum atomic E-state index is 13.4. The Labute approximate surface area is 203 Å². The molecule has 1 aromatic heterocycles. The number of benzene rings is 2. The molecule has 0 saturated heterocycles. The molecular formula is C28H29NO6. The highest BCUT2D eigenvalue weighted by Crippen LogP contribution is 2.44. The fraction of sp³-hybridized carbons (Fsp3) is 0.393. The van der Waals surface area contributed by atoms with Crippen LogP contribution in [0, 0.1) is 6.92 Å². The highest BCUT2D eigenvalue weighted by atomic mass is 16.5. The van der Waals surface area contributed by atoms with E-state index in [1.165, 1.54) is 12.8 Å². The second-order valence-electron chi connectivity index (χ2n) is 9.42. The van der Waals surface area contributed by atoms with E-state index in [1.807, 2.05) is 0 Å². The van der Waals surface area contributed by atoms with Crippen molar-refractivity contribution in [3.05, 3.63) is 58.8 Å². The normalized spacial score (nSPS) is 16.9. The van der Waals surface area contributed by atoms with E-state index >= 15 is 0 Å². The van der Waals surface area contributed by atoms with Crippen molar-refractivity contribution >= 4 is 34.3 Å². The summed E-state index contributed by atoms with van der Waals surface area (Å²) in [7, 11) is 0. The number of fused-ring (bicyclic) bond motifs is 3. The Hall–Kier alpha value is -3.61. The molecule has 7 nitrogen and oxygen atoms in total. The van der Waals surface area contributed by atoms with Crippen LogP contribution in [0.15, 0.2) is 40.8 Å². The average Bonchev–Trinajstić information content (AvgIpc) is 3.02. The number of furan rings is 1. The quantitative estimate of drug-likeness (QED) is 0.450. The number of Topliss-reactive ketones (excluding diaryl/α,β-unsaturated/α-hetero) is 1. The Kier molecular flexibility index (Phi) is 6.09. The average molecular weight is 476 g/mol. The summed E-state index contributed by atoms with van der Waals surface area (Å²) in [5.41, 5.74) is 1.93. The monoisotopic (exact) mass is 475 g/mol. The second-order valence-corrected chi connectivity index (χ2v) is 9.42. The van der Waals surface area contributed by atoms with Gasteiger partial charge in [0, 0.05) is 16.6 Å². The van der Waals surface area contributed by atoms with Crippen LogP contribution in [0.5, 0.6) is 5.75 Å². The van der Waals surface area contributed by atoms with Crippen molar-refractivity contribution in [2.75, 3.05) is 11.9 Å². The fourth-order valence-electron chi connectivity index (χ4n) is 5.33. The second kappa shape index (κ2) is 9.21. The van der Waals surface area contributed by atoms with Crippen molar-refractivity contribution in [1.29, 1.82) is 0 Å². The molecule has 7 heteroatoms. The Morgan fingerprint density at radius 1 is 1.09 bits per heavy atom. The van der Waals surface area contributed by atoms with E-state index in [0.717, 1.165) is 25.7 Å². The SMILES string of the molecule is CCOC(=O)c1cccc(NC(=O)c2oc3ccc4c(c3c2C)C(=O)CC2(CCCCCC2)O4)c1. The number of anilines is 1. The number of hydrogen-bond acceptors (Lipinski definition) is 6. The highest BCUT2D eigenvalue weighted by Gasteiger charge is 2.42. The van der Waals surface area contributed by atoms with Crippen molar-refractivity contribution in [3.8, 4) is 5.75 Å². The van der Waals surface area contributed by atoms with Crippen molar-refractivity contribution < 1.29 is 28.3 Å². The Bertz CT molecular complexity index is 1310. The van der Waals surface area contributed by atoms with Gasteiger partial charge >= 0.3 is 5.97 Å². The predicted molar refractivity (Wildman–Crippen MR) is 131 cm³/mol. The number of aryl methyl sites for hydroxylation is 1. The molecule has 5 rings (SSSR count). The minimum Gasteiger partial charge on any atom is -0.486 e. The van der Waals surface area contributed by atoms with Crippen LogP contribution < -0.4 is 10.1 Å². The number of ether oxygens (including phenoxy) is 2. The third-order valence-corrected chi connectivity index (χ3v) is 7.00. The van der Waals surface area contributed by atoms with Gasteiger partial charge in [-0.25, -0.2) is 4.79 Å². The van der Waals surface area contributed by atoms with Crippen molar-refractivity contribution in [1.82, 2.24) is 0 Å². The molecule has 1 fully saturated rings. The highest BCUT2D eigenvalue weighted by molar-refractivity contribution is 6.15. The number of hydrogen-bond donors (Lipinski definition) is 1. The largest absolute Gasteiger partial charge is 0.486 e. The Balaban J connectivity index is 1.45. The lowest BCUT2D eigenvalue weighted by Gasteiger charge is -2.37.